The maximum absolute atomic E-state index is 12.1. The van der Waals surface area contributed by atoms with Crippen LogP contribution >= 0.6 is 39.9 Å². The minimum atomic E-state index is -0.255. The molecule has 150 valence electrons. The average molecular weight is 552 g/mol. The van der Waals surface area contributed by atoms with E-state index in [1.807, 2.05) is 12.1 Å². The molecule has 0 bridgehead atoms. The number of primary amides is 1. The zero-order chi connectivity index (χ0) is 18.9. The van der Waals surface area contributed by atoms with E-state index < -0.39 is 0 Å². The molecule has 1 aliphatic rings. The first kappa shape index (κ1) is 23.7. The number of nitrogens with one attached hydrogen (secondary N) is 2. The largest absolute Gasteiger partial charge is 0.370 e. The number of hydrogen-bond acceptors (Lipinski definition) is 3. The summed E-state index contributed by atoms with van der Waals surface area (Å²) in [5.41, 5.74) is 5.93. The molecule has 2 rings (SSSR count). The molecule has 1 aromatic rings. The Labute approximate surface area is 185 Å². The fourth-order valence-electron chi connectivity index (χ4n) is 3.12. The standard InChI is InChI=1S/C18H26BrN5O2.HI/c1-21-18(24-9-3-4-13(12-24)10-16(20)25)23-8-7-22-17(26)14-5-2-6-15(19)11-14;/h2,5-6,11,13H,3-4,7-10,12H2,1H3,(H2,20,25)(H,21,23)(H,22,26);1H. The Hall–Kier alpha value is -1.36. The Balaban J connectivity index is 0.00000364. The van der Waals surface area contributed by atoms with Crippen molar-refractivity contribution in [2.45, 2.75) is 19.3 Å². The molecular formula is C18H27BrIN5O2. The van der Waals surface area contributed by atoms with Gasteiger partial charge in [0.1, 0.15) is 0 Å². The summed E-state index contributed by atoms with van der Waals surface area (Å²) in [4.78, 5) is 29.7. The van der Waals surface area contributed by atoms with Gasteiger partial charge in [0.15, 0.2) is 5.96 Å². The summed E-state index contributed by atoms with van der Waals surface area (Å²) in [6.45, 7) is 2.73. The molecule has 0 radical (unpaired) electrons. The van der Waals surface area contributed by atoms with Crippen molar-refractivity contribution in [1.29, 1.82) is 0 Å². The third-order valence-corrected chi connectivity index (χ3v) is 4.79. The van der Waals surface area contributed by atoms with Crippen molar-refractivity contribution < 1.29 is 9.59 Å². The molecular weight excluding hydrogens is 525 g/mol. The normalized spacial score (nSPS) is 17.0. The van der Waals surface area contributed by atoms with Crippen molar-refractivity contribution in [3.05, 3.63) is 34.3 Å². The highest BCUT2D eigenvalue weighted by Gasteiger charge is 2.23. The van der Waals surface area contributed by atoms with Crippen LogP contribution in [0.1, 0.15) is 29.6 Å². The highest BCUT2D eigenvalue weighted by molar-refractivity contribution is 14.0. The van der Waals surface area contributed by atoms with Crippen LogP contribution in [0.25, 0.3) is 0 Å². The number of aliphatic imine (C=N–C) groups is 1. The molecule has 9 heteroatoms. The van der Waals surface area contributed by atoms with Crippen molar-refractivity contribution in [3.63, 3.8) is 0 Å². The number of amides is 2. The molecule has 0 aliphatic carbocycles. The van der Waals surface area contributed by atoms with E-state index in [4.69, 9.17) is 5.73 Å². The fraction of sp³-hybridized carbons (Fsp3) is 0.500. The maximum atomic E-state index is 12.1. The van der Waals surface area contributed by atoms with Crippen molar-refractivity contribution in [3.8, 4) is 0 Å². The van der Waals surface area contributed by atoms with Gasteiger partial charge in [0.2, 0.25) is 5.91 Å². The Morgan fingerprint density at radius 1 is 1.33 bits per heavy atom. The second-order valence-corrected chi connectivity index (χ2v) is 7.28. The van der Waals surface area contributed by atoms with Gasteiger partial charge in [-0.1, -0.05) is 22.0 Å². The van der Waals surface area contributed by atoms with Gasteiger partial charge in [-0.3, -0.25) is 14.6 Å². The molecule has 1 unspecified atom stereocenters. The first-order valence-corrected chi connectivity index (χ1v) is 9.56. The van der Waals surface area contributed by atoms with Crippen LogP contribution in [0.15, 0.2) is 33.7 Å². The predicted octanol–water partition coefficient (Wildman–Crippen LogP) is 1.96. The lowest BCUT2D eigenvalue weighted by atomic mass is 9.95. The fourth-order valence-corrected chi connectivity index (χ4v) is 3.52. The van der Waals surface area contributed by atoms with Crippen molar-refractivity contribution in [2.75, 3.05) is 33.2 Å². The predicted molar refractivity (Wildman–Crippen MR) is 121 cm³/mol. The molecule has 0 spiro atoms. The summed E-state index contributed by atoms with van der Waals surface area (Å²) >= 11 is 3.36. The minimum absolute atomic E-state index is 0. The van der Waals surface area contributed by atoms with Gasteiger partial charge < -0.3 is 21.3 Å². The van der Waals surface area contributed by atoms with Gasteiger partial charge in [-0.25, -0.2) is 0 Å². The number of guanidine groups is 1. The van der Waals surface area contributed by atoms with E-state index in [1.54, 1.807) is 19.2 Å². The first-order chi connectivity index (χ1) is 12.5. The highest BCUT2D eigenvalue weighted by atomic mass is 127. The van der Waals surface area contributed by atoms with Crippen molar-refractivity contribution in [2.24, 2.45) is 16.6 Å². The number of likely N-dealkylation sites (tertiary alicyclic amines) is 1. The van der Waals surface area contributed by atoms with Crippen LogP contribution in [0, 0.1) is 5.92 Å². The van der Waals surface area contributed by atoms with Crippen LogP contribution in [0.5, 0.6) is 0 Å². The van der Waals surface area contributed by atoms with E-state index in [0.29, 0.717) is 25.1 Å². The monoisotopic (exact) mass is 551 g/mol. The number of halogens is 2. The first-order valence-electron chi connectivity index (χ1n) is 8.77. The minimum Gasteiger partial charge on any atom is -0.370 e. The van der Waals surface area contributed by atoms with Crippen LogP contribution in [-0.4, -0.2) is 55.9 Å². The molecule has 27 heavy (non-hydrogen) atoms. The Kier molecular flexibility index (Phi) is 10.7. The number of carbonyl (C=O) groups excluding carboxylic acids is 2. The lowest BCUT2D eigenvalue weighted by Crippen LogP contribution is -2.48. The highest BCUT2D eigenvalue weighted by Crippen LogP contribution is 2.19. The SMILES string of the molecule is CN=C(NCCNC(=O)c1cccc(Br)c1)N1CCCC(CC(N)=O)C1.I. The van der Waals surface area contributed by atoms with E-state index in [1.165, 1.54) is 0 Å². The van der Waals surface area contributed by atoms with Gasteiger partial charge in [0.05, 0.1) is 0 Å². The van der Waals surface area contributed by atoms with E-state index in [9.17, 15) is 9.59 Å². The van der Waals surface area contributed by atoms with Gasteiger partial charge >= 0.3 is 0 Å². The zero-order valence-electron chi connectivity index (χ0n) is 15.4. The third kappa shape index (κ3) is 8.04. The molecule has 7 nitrogen and oxygen atoms in total. The third-order valence-electron chi connectivity index (χ3n) is 4.30. The number of nitrogens with two attached hydrogens (primary N) is 1. The van der Waals surface area contributed by atoms with E-state index in [0.717, 1.165) is 36.4 Å². The van der Waals surface area contributed by atoms with Gasteiger partial charge in [-0.2, -0.15) is 0 Å². The number of nitrogens with zero attached hydrogens (tertiary/aromatic N) is 2. The average Bonchev–Trinajstić information content (AvgIpc) is 2.61. The van der Waals surface area contributed by atoms with E-state index in [2.05, 4.69) is 36.5 Å². The molecule has 2 amide bonds. The second kappa shape index (κ2) is 12.2. The van der Waals surface area contributed by atoms with Crippen LogP contribution < -0.4 is 16.4 Å². The summed E-state index contributed by atoms with van der Waals surface area (Å²) in [6.07, 6.45) is 2.44. The molecule has 1 aromatic carbocycles. The molecule has 0 saturated carbocycles. The van der Waals surface area contributed by atoms with Gasteiger partial charge in [0.25, 0.3) is 5.91 Å². The summed E-state index contributed by atoms with van der Waals surface area (Å²) in [5, 5.41) is 6.15. The molecule has 1 saturated heterocycles. The number of carbonyl (C=O) groups is 2. The molecule has 1 heterocycles. The Bertz CT molecular complexity index is 671. The van der Waals surface area contributed by atoms with Crippen LogP contribution in [0.3, 0.4) is 0 Å². The van der Waals surface area contributed by atoms with Crippen molar-refractivity contribution >= 4 is 57.7 Å². The number of piperidine rings is 1. The Morgan fingerprint density at radius 3 is 2.74 bits per heavy atom. The maximum Gasteiger partial charge on any atom is 0.251 e. The summed E-state index contributed by atoms with van der Waals surface area (Å²) in [7, 11) is 1.74. The lowest BCUT2D eigenvalue weighted by molar-refractivity contribution is -0.119. The quantitative estimate of drug-likeness (QED) is 0.218. The molecule has 0 aromatic heterocycles. The zero-order valence-corrected chi connectivity index (χ0v) is 19.3. The summed E-state index contributed by atoms with van der Waals surface area (Å²) < 4.78 is 0.874. The summed E-state index contributed by atoms with van der Waals surface area (Å²) in [6, 6.07) is 7.28. The smallest absolute Gasteiger partial charge is 0.251 e. The molecule has 1 fully saturated rings. The van der Waals surface area contributed by atoms with Crippen LogP contribution in [-0.2, 0) is 4.79 Å². The van der Waals surface area contributed by atoms with E-state index >= 15 is 0 Å². The number of rotatable bonds is 6. The van der Waals surface area contributed by atoms with Gasteiger partial charge in [0, 0.05) is 49.7 Å². The number of benzene rings is 1. The van der Waals surface area contributed by atoms with Crippen molar-refractivity contribution in [1.82, 2.24) is 15.5 Å². The van der Waals surface area contributed by atoms with E-state index in [-0.39, 0.29) is 41.7 Å². The van der Waals surface area contributed by atoms with Gasteiger partial charge in [-0.15, -0.1) is 24.0 Å². The molecule has 1 atom stereocenters. The van der Waals surface area contributed by atoms with Crippen LogP contribution in [0.2, 0.25) is 0 Å². The summed E-state index contributed by atoms with van der Waals surface area (Å²) in [5.74, 6) is 0.699. The topological polar surface area (TPSA) is 99.8 Å². The molecule has 1 aliphatic heterocycles. The lowest BCUT2D eigenvalue weighted by Gasteiger charge is -2.34. The van der Waals surface area contributed by atoms with Crippen LogP contribution in [0.4, 0.5) is 0 Å². The Morgan fingerprint density at radius 2 is 2.07 bits per heavy atom. The van der Waals surface area contributed by atoms with Gasteiger partial charge in [-0.05, 0) is 37.0 Å². The molecule has 4 N–H and O–H groups in total. The number of hydrogen-bond donors (Lipinski definition) is 3. The second-order valence-electron chi connectivity index (χ2n) is 6.36.